The predicted molar refractivity (Wildman–Crippen MR) is 75.3 cm³/mol. The van der Waals surface area contributed by atoms with Gasteiger partial charge in [0.15, 0.2) is 0 Å². The van der Waals surface area contributed by atoms with Gasteiger partial charge in [0.25, 0.3) is 0 Å². The van der Waals surface area contributed by atoms with E-state index in [1.807, 2.05) is 31.1 Å². The van der Waals surface area contributed by atoms with Gasteiger partial charge in [0, 0.05) is 20.1 Å². The van der Waals surface area contributed by atoms with Gasteiger partial charge in [0.2, 0.25) is 5.91 Å². The topological polar surface area (TPSA) is 50.6 Å². The van der Waals surface area contributed by atoms with Gasteiger partial charge in [-0.05, 0) is 32.3 Å². The van der Waals surface area contributed by atoms with E-state index in [0.717, 1.165) is 24.5 Å². The Morgan fingerprint density at radius 3 is 2.74 bits per heavy atom. The first-order valence-electron chi connectivity index (χ1n) is 6.23. The fourth-order valence-corrected chi connectivity index (χ4v) is 2.14. The Morgan fingerprint density at radius 1 is 1.37 bits per heavy atom. The summed E-state index contributed by atoms with van der Waals surface area (Å²) in [6.45, 7) is 2.01. The number of nitriles is 1. The van der Waals surface area contributed by atoms with Gasteiger partial charge >= 0.3 is 0 Å². The van der Waals surface area contributed by atoms with Crippen molar-refractivity contribution in [1.82, 2.24) is 4.90 Å². The highest BCUT2D eigenvalue weighted by atomic mass is 16.2. The van der Waals surface area contributed by atoms with Crippen molar-refractivity contribution in [2.45, 2.75) is 0 Å². The quantitative estimate of drug-likeness (QED) is 0.808. The van der Waals surface area contributed by atoms with E-state index in [4.69, 9.17) is 5.26 Å². The lowest BCUT2D eigenvalue weighted by Crippen LogP contribution is -2.46. The molecule has 0 saturated heterocycles. The lowest BCUT2D eigenvalue weighted by Gasteiger charge is -2.36. The van der Waals surface area contributed by atoms with Crippen LogP contribution in [0.5, 0.6) is 0 Å². The molecule has 1 heterocycles. The van der Waals surface area contributed by atoms with Crippen molar-refractivity contribution in [3.05, 3.63) is 23.8 Å². The third-order valence-electron chi connectivity index (χ3n) is 3.32. The Hall–Kier alpha value is -2.06. The van der Waals surface area contributed by atoms with Crippen LogP contribution < -0.4 is 9.80 Å². The van der Waals surface area contributed by atoms with Crippen molar-refractivity contribution in [3.8, 4) is 6.07 Å². The standard InChI is InChI=1S/C14H18N4O/c1-16(2)6-7-18-10-14(19)17(3)12-5-4-11(9-15)8-13(12)18/h4-5,8H,6-7,10H2,1-3H3. The van der Waals surface area contributed by atoms with E-state index in [9.17, 15) is 4.79 Å². The second-order valence-corrected chi connectivity index (χ2v) is 4.99. The molecule has 0 aromatic heterocycles. The normalized spacial score (nSPS) is 14.6. The molecule has 2 rings (SSSR count). The van der Waals surface area contributed by atoms with Gasteiger partial charge < -0.3 is 14.7 Å². The van der Waals surface area contributed by atoms with E-state index in [0.29, 0.717) is 12.1 Å². The number of fused-ring (bicyclic) bond motifs is 1. The highest BCUT2D eigenvalue weighted by Gasteiger charge is 2.26. The van der Waals surface area contributed by atoms with E-state index in [2.05, 4.69) is 11.0 Å². The van der Waals surface area contributed by atoms with Crippen LogP contribution in [0.15, 0.2) is 18.2 Å². The molecule has 19 heavy (non-hydrogen) atoms. The minimum atomic E-state index is 0.0796. The second-order valence-electron chi connectivity index (χ2n) is 4.99. The number of nitrogens with zero attached hydrogens (tertiary/aromatic N) is 4. The number of carbonyl (C=O) groups excluding carboxylic acids is 1. The van der Waals surface area contributed by atoms with Gasteiger partial charge in [0.05, 0.1) is 29.6 Å². The molecule has 0 aliphatic carbocycles. The number of hydrogen-bond acceptors (Lipinski definition) is 4. The molecule has 1 aliphatic heterocycles. The molecule has 0 fully saturated rings. The van der Waals surface area contributed by atoms with Crippen LogP contribution in [0.1, 0.15) is 5.56 Å². The smallest absolute Gasteiger partial charge is 0.246 e. The van der Waals surface area contributed by atoms with Crippen LogP contribution in [0, 0.1) is 11.3 Å². The Kier molecular flexibility index (Phi) is 3.72. The molecule has 0 saturated carbocycles. The first-order chi connectivity index (χ1) is 9.02. The Balaban J connectivity index is 2.35. The summed E-state index contributed by atoms with van der Waals surface area (Å²) in [6, 6.07) is 7.59. The van der Waals surface area contributed by atoms with Crippen LogP contribution in [-0.4, -0.2) is 51.6 Å². The number of hydrogen-bond donors (Lipinski definition) is 0. The molecule has 0 atom stereocenters. The molecule has 0 bridgehead atoms. The second kappa shape index (κ2) is 5.29. The largest absolute Gasteiger partial charge is 0.359 e. The minimum Gasteiger partial charge on any atom is -0.359 e. The lowest BCUT2D eigenvalue weighted by molar-refractivity contribution is -0.117. The fourth-order valence-electron chi connectivity index (χ4n) is 2.14. The molecule has 0 radical (unpaired) electrons. The van der Waals surface area contributed by atoms with Gasteiger partial charge in [0.1, 0.15) is 0 Å². The van der Waals surface area contributed by atoms with Crippen molar-refractivity contribution in [2.75, 3.05) is 50.6 Å². The first-order valence-corrected chi connectivity index (χ1v) is 6.23. The Bertz CT molecular complexity index is 533. The van der Waals surface area contributed by atoms with E-state index in [-0.39, 0.29) is 5.91 Å². The summed E-state index contributed by atoms with van der Waals surface area (Å²) in [4.78, 5) is 17.7. The minimum absolute atomic E-state index is 0.0796. The van der Waals surface area contributed by atoms with E-state index < -0.39 is 0 Å². The summed E-state index contributed by atoms with van der Waals surface area (Å²) in [7, 11) is 5.78. The van der Waals surface area contributed by atoms with Crippen molar-refractivity contribution < 1.29 is 4.79 Å². The number of likely N-dealkylation sites (N-methyl/N-ethyl adjacent to an activating group) is 2. The average Bonchev–Trinajstić information content (AvgIpc) is 2.40. The number of benzene rings is 1. The van der Waals surface area contributed by atoms with Crippen molar-refractivity contribution >= 4 is 17.3 Å². The molecule has 5 nitrogen and oxygen atoms in total. The maximum atomic E-state index is 12.0. The Morgan fingerprint density at radius 2 is 2.11 bits per heavy atom. The number of anilines is 2. The number of rotatable bonds is 3. The summed E-state index contributed by atoms with van der Waals surface area (Å²) in [5, 5.41) is 9.00. The molecule has 1 amide bonds. The van der Waals surface area contributed by atoms with Crippen molar-refractivity contribution in [3.63, 3.8) is 0 Å². The zero-order valence-electron chi connectivity index (χ0n) is 11.6. The average molecular weight is 258 g/mol. The highest BCUT2D eigenvalue weighted by Crippen LogP contribution is 2.33. The SMILES string of the molecule is CN(C)CCN1CC(=O)N(C)c2ccc(C#N)cc21. The van der Waals surface area contributed by atoms with Gasteiger partial charge in [-0.1, -0.05) is 0 Å². The molecular weight excluding hydrogens is 240 g/mol. The summed E-state index contributed by atoms with van der Waals surface area (Å²) in [6.07, 6.45) is 0. The molecule has 100 valence electrons. The molecule has 0 N–H and O–H groups in total. The number of amides is 1. The third kappa shape index (κ3) is 2.69. The van der Waals surface area contributed by atoms with Crippen LogP contribution >= 0.6 is 0 Å². The summed E-state index contributed by atoms with van der Waals surface area (Å²) in [5.41, 5.74) is 2.45. The van der Waals surface area contributed by atoms with Gasteiger partial charge in [-0.2, -0.15) is 5.26 Å². The molecule has 1 aliphatic rings. The first kappa shape index (κ1) is 13.4. The van der Waals surface area contributed by atoms with Gasteiger partial charge in [-0.25, -0.2) is 0 Å². The molecular formula is C14H18N4O. The maximum absolute atomic E-state index is 12.0. The van der Waals surface area contributed by atoms with Crippen LogP contribution in [0.3, 0.4) is 0 Å². The molecule has 5 heteroatoms. The van der Waals surface area contributed by atoms with Crippen molar-refractivity contribution in [1.29, 1.82) is 5.26 Å². The van der Waals surface area contributed by atoms with E-state index >= 15 is 0 Å². The lowest BCUT2D eigenvalue weighted by atomic mass is 10.1. The van der Waals surface area contributed by atoms with Gasteiger partial charge in [-0.3, -0.25) is 4.79 Å². The van der Waals surface area contributed by atoms with Crippen LogP contribution in [0.2, 0.25) is 0 Å². The zero-order valence-corrected chi connectivity index (χ0v) is 11.6. The molecule has 0 spiro atoms. The molecule has 0 unspecified atom stereocenters. The zero-order chi connectivity index (χ0) is 14.0. The fraction of sp³-hybridized carbons (Fsp3) is 0.429. The predicted octanol–water partition coefficient (Wildman–Crippen LogP) is 0.903. The Labute approximate surface area is 113 Å². The molecule has 1 aromatic carbocycles. The van der Waals surface area contributed by atoms with E-state index in [1.165, 1.54) is 0 Å². The highest BCUT2D eigenvalue weighted by molar-refractivity contribution is 6.02. The third-order valence-corrected chi connectivity index (χ3v) is 3.32. The summed E-state index contributed by atoms with van der Waals surface area (Å²) in [5.74, 6) is 0.0796. The van der Waals surface area contributed by atoms with E-state index in [1.54, 1.807) is 18.0 Å². The van der Waals surface area contributed by atoms with Crippen LogP contribution in [-0.2, 0) is 4.79 Å². The molecule has 1 aromatic rings. The van der Waals surface area contributed by atoms with Gasteiger partial charge in [-0.15, -0.1) is 0 Å². The number of carbonyl (C=O) groups is 1. The van der Waals surface area contributed by atoms with Crippen molar-refractivity contribution in [2.24, 2.45) is 0 Å². The monoisotopic (exact) mass is 258 g/mol. The summed E-state index contributed by atoms with van der Waals surface area (Å²) >= 11 is 0. The maximum Gasteiger partial charge on any atom is 0.246 e. The van der Waals surface area contributed by atoms with Crippen LogP contribution in [0.25, 0.3) is 0 Å². The summed E-state index contributed by atoms with van der Waals surface area (Å²) < 4.78 is 0. The van der Waals surface area contributed by atoms with Crippen LogP contribution in [0.4, 0.5) is 11.4 Å².